The number of benzene rings is 2. The lowest BCUT2D eigenvalue weighted by Crippen LogP contribution is -2.37. The first-order chi connectivity index (χ1) is 11.6. The summed E-state index contributed by atoms with van der Waals surface area (Å²) in [6.45, 7) is 0. The SMILES string of the molecule is CSc1c(N[C@H](c2ccccc2)[C@@H](O)c2ccccc2)c(=O)c1=O. The Kier molecular flexibility index (Phi) is 4.83. The highest BCUT2D eigenvalue weighted by molar-refractivity contribution is 7.98. The smallest absolute Gasteiger partial charge is 0.251 e. The zero-order chi connectivity index (χ0) is 17.1. The Morgan fingerprint density at radius 3 is 1.96 bits per heavy atom. The maximum absolute atomic E-state index is 11.9. The summed E-state index contributed by atoms with van der Waals surface area (Å²) in [5.41, 5.74) is 0.875. The molecule has 0 unspecified atom stereocenters. The van der Waals surface area contributed by atoms with Gasteiger partial charge in [0.1, 0.15) is 11.8 Å². The molecule has 122 valence electrons. The van der Waals surface area contributed by atoms with Gasteiger partial charge in [0.2, 0.25) is 5.43 Å². The summed E-state index contributed by atoms with van der Waals surface area (Å²) in [5, 5.41) is 13.9. The van der Waals surface area contributed by atoms with Crippen LogP contribution in [0.1, 0.15) is 23.3 Å². The van der Waals surface area contributed by atoms with Crippen molar-refractivity contribution in [2.45, 2.75) is 17.0 Å². The Morgan fingerprint density at radius 1 is 0.875 bits per heavy atom. The van der Waals surface area contributed by atoms with Crippen LogP contribution < -0.4 is 16.2 Å². The van der Waals surface area contributed by atoms with Gasteiger partial charge in [0.25, 0.3) is 5.43 Å². The van der Waals surface area contributed by atoms with Crippen LogP contribution in [0.4, 0.5) is 5.69 Å². The largest absolute Gasteiger partial charge is 0.386 e. The molecule has 0 heterocycles. The molecule has 0 aliphatic carbocycles. The van der Waals surface area contributed by atoms with Crippen LogP contribution in [0.25, 0.3) is 0 Å². The van der Waals surface area contributed by atoms with Crippen LogP contribution in [-0.2, 0) is 0 Å². The van der Waals surface area contributed by atoms with E-state index in [2.05, 4.69) is 5.32 Å². The molecule has 0 radical (unpaired) electrons. The molecular formula is C19H17NO3S. The summed E-state index contributed by atoms with van der Waals surface area (Å²) in [6.07, 6.45) is 0.902. The third kappa shape index (κ3) is 3.00. The van der Waals surface area contributed by atoms with Crippen molar-refractivity contribution in [1.82, 2.24) is 0 Å². The van der Waals surface area contributed by atoms with Gasteiger partial charge in [-0.2, -0.15) is 0 Å². The number of anilines is 1. The molecule has 3 aromatic carbocycles. The summed E-state index contributed by atoms with van der Waals surface area (Å²) in [5.74, 6) is 0. The predicted octanol–water partition coefficient (Wildman–Crippen LogP) is 2.89. The Labute approximate surface area is 143 Å². The van der Waals surface area contributed by atoms with Crippen LogP contribution in [0.2, 0.25) is 0 Å². The number of hydrogen-bond donors (Lipinski definition) is 2. The quantitative estimate of drug-likeness (QED) is 0.534. The van der Waals surface area contributed by atoms with Crippen molar-refractivity contribution in [1.29, 1.82) is 0 Å². The van der Waals surface area contributed by atoms with Crippen molar-refractivity contribution in [3.05, 3.63) is 92.2 Å². The molecule has 0 amide bonds. The van der Waals surface area contributed by atoms with E-state index in [-0.39, 0.29) is 5.69 Å². The second-order valence-electron chi connectivity index (χ2n) is 5.45. The Hall–Kier alpha value is -2.37. The van der Waals surface area contributed by atoms with Gasteiger partial charge in [0, 0.05) is 0 Å². The van der Waals surface area contributed by atoms with Gasteiger partial charge in [-0.1, -0.05) is 60.7 Å². The van der Waals surface area contributed by atoms with Crippen LogP contribution in [0, 0.1) is 0 Å². The topological polar surface area (TPSA) is 66.4 Å². The van der Waals surface area contributed by atoms with E-state index in [9.17, 15) is 14.7 Å². The summed E-state index contributed by atoms with van der Waals surface area (Å²) >= 11 is 1.24. The molecule has 0 saturated heterocycles. The third-order valence-corrected chi connectivity index (χ3v) is 4.78. The van der Waals surface area contributed by atoms with Crippen LogP contribution in [-0.4, -0.2) is 11.4 Å². The minimum atomic E-state index is -0.854. The van der Waals surface area contributed by atoms with E-state index in [0.717, 1.165) is 11.1 Å². The van der Waals surface area contributed by atoms with Crippen molar-refractivity contribution in [2.24, 2.45) is 0 Å². The fourth-order valence-electron chi connectivity index (χ4n) is 2.70. The minimum absolute atomic E-state index is 0.288. The Bertz CT molecular complexity index is 886. The van der Waals surface area contributed by atoms with Crippen molar-refractivity contribution in [2.75, 3.05) is 11.6 Å². The molecule has 0 saturated carbocycles. The standard InChI is InChI=1S/C19H17NO3S/c1-24-19-15(17(22)18(19)23)20-14(12-8-4-2-5-9-12)16(21)13-10-6-3-7-11-13/h2-11,14,16,20-21H,1H3/t14-,16+/m1/s1. The normalized spacial score (nSPS) is 13.6. The van der Waals surface area contributed by atoms with Gasteiger partial charge in [0.15, 0.2) is 0 Å². The number of rotatable bonds is 6. The van der Waals surface area contributed by atoms with Gasteiger partial charge >= 0.3 is 0 Å². The summed E-state index contributed by atoms with van der Waals surface area (Å²) in [4.78, 5) is 23.9. The van der Waals surface area contributed by atoms with Crippen LogP contribution >= 0.6 is 11.8 Å². The molecule has 0 fully saturated rings. The van der Waals surface area contributed by atoms with Gasteiger partial charge in [-0.3, -0.25) is 9.59 Å². The zero-order valence-corrected chi connectivity index (χ0v) is 13.9. The molecule has 0 aromatic heterocycles. The molecule has 0 aliphatic heterocycles. The third-order valence-electron chi connectivity index (χ3n) is 3.99. The molecule has 3 rings (SSSR count). The number of aliphatic hydroxyl groups is 1. The maximum Gasteiger partial charge on any atom is 0.251 e. The lowest BCUT2D eigenvalue weighted by atomic mass is 9.95. The summed E-state index contributed by atoms with van der Waals surface area (Å²) in [6, 6.07) is 18.1. The second kappa shape index (κ2) is 7.03. The van der Waals surface area contributed by atoms with E-state index in [1.165, 1.54) is 11.8 Å². The number of aliphatic hydroxyl groups excluding tert-OH is 1. The molecular weight excluding hydrogens is 322 g/mol. The monoisotopic (exact) mass is 339 g/mol. The molecule has 3 aromatic rings. The Balaban J connectivity index is 1.99. The average molecular weight is 339 g/mol. The second-order valence-corrected chi connectivity index (χ2v) is 6.27. The molecule has 0 bridgehead atoms. The van der Waals surface area contributed by atoms with Crippen LogP contribution in [0.5, 0.6) is 0 Å². The van der Waals surface area contributed by atoms with Gasteiger partial charge in [0.05, 0.1) is 10.9 Å². The molecule has 2 N–H and O–H groups in total. The lowest BCUT2D eigenvalue weighted by molar-refractivity contribution is 0.154. The highest BCUT2D eigenvalue weighted by Crippen LogP contribution is 2.33. The van der Waals surface area contributed by atoms with E-state index in [1.807, 2.05) is 60.7 Å². The fraction of sp³-hybridized carbons (Fsp3) is 0.158. The molecule has 0 spiro atoms. The first-order valence-corrected chi connectivity index (χ1v) is 8.77. The van der Waals surface area contributed by atoms with Gasteiger partial charge < -0.3 is 10.4 Å². The van der Waals surface area contributed by atoms with E-state index in [0.29, 0.717) is 4.90 Å². The van der Waals surface area contributed by atoms with E-state index >= 15 is 0 Å². The summed E-state index contributed by atoms with van der Waals surface area (Å²) in [7, 11) is 0. The molecule has 24 heavy (non-hydrogen) atoms. The molecule has 2 atom stereocenters. The molecule has 4 nitrogen and oxygen atoms in total. The van der Waals surface area contributed by atoms with E-state index in [4.69, 9.17) is 0 Å². The predicted molar refractivity (Wildman–Crippen MR) is 97.3 cm³/mol. The minimum Gasteiger partial charge on any atom is -0.386 e. The average Bonchev–Trinajstić information content (AvgIpc) is 2.65. The first kappa shape index (κ1) is 16.5. The first-order valence-electron chi connectivity index (χ1n) is 7.55. The highest BCUT2D eigenvalue weighted by atomic mass is 32.2. The lowest BCUT2D eigenvalue weighted by Gasteiger charge is -2.27. The fourth-order valence-corrected chi connectivity index (χ4v) is 3.33. The zero-order valence-electron chi connectivity index (χ0n) is 13.1. The number of thioether (sulfide) groups is 1. The maximum atomic E-state index is 11.9. The van der Waals surface area contributed by atoms with Crippen molar-refractivity contribution >= 4 is 17.4 Å². The van der Waals surface area contributed by atoms with E-state index < -0.39 is 23.0 Å². The van der Waals surface area contributed by atoms with Gasteiger partial charge in [-0.15, -0.1) is 11.8 Å². The highest BCUT2D eigenvalue weighted by Gasteiger charge is 2.28. The van der Waals surface area contributed by atoms with Crippen molar-refractivity contribution < 1.29 is 5.11 Å². The van der Waals surface area contributed by atoms with Crippen molar-refractivity contribution in [3.63, 3.8) is 0 Å². The number of hydrogen-bond acceptors (Lipinski definition) is 5. The molecule has 0 aliphatic rings. The number of nitrogens with one attached hydrogen (secondary N) is 1. The van der Waals surface area contributed by atoms with Gasteiger partial charge in [-0.05, 0) is 17.4 Å². The molecule has 5 heteroatoms. The van der Waals surface area contributed by atoms with Gasteiger partial charge in [-0.25, -0.2) is 0 Å². The van der Waals surface area contributed by atoms with Crippen molar-refractivity contribution in [3.8, 4) is 0 Å². The van der Waals surface area contributed by atoms with E-state index in [1.54, 1.807) is 6.26 Å². The summed E-state index contributed by atoms with van der Waals surface area (Å²) < 4.78 is 0. The van der Waals surface area contributed by atoms with Crippen LogP contribution in [0.3, 0.4) is 0 Å². The van der Waals surface area contributed by atoms with Crippen LogP contribution in [0.15, 0.2) is 75.1 Å². The Morgan fingerprint density at radius 2 is 1.42 bits per heavy atom.